The van der Waals surface area contributed by atoms with Gasteiger partial charge in [-0.3, -0.25) is 0 Å². The van der Waals surface area contributed by atoms with Crippen molar-refractivity contribution in [3.8, 4) is 5.75 Å². The fraction of sp³-hybridized carbons (Fsp3) is 0.667. The molecule has 3 heteroatoms. The molecule has 0 aromatic heterocycles. The van der Waals surface area contributed by atoms with E-state index in [2.05, 4.69) is 27.7 Å². The van der Waals surface area contributed by atoms with E-state index < -0.39 is 6.10 Å². The van der Waals surface area contributed by atoms with E-state index in [4.69, 9.17) is 4.74 Å². The lowest BCUT2D eigenvalue weighted by Crippen LogP contribution is -2.52. The number of fused-ring (bicyclic) bond motifs is 1. The lowest BCUT2D eigenvalue weighted by molar-refractivity contribution is -0.104. The smallest absolute Gasteiger partial charge is 0.128 e. The minimum absolute atomic E-state index is 0.159. The highest BCUT2D eigenvalue weighted by molar-refractivity contribution is 5.39. The van der Waals surface area contributed by atoms with Crippen molar-refractivity contribution in [3.63, 3.8) is 0 Å². The molecule has 1 fully saturated rings. The third-order valence-electron chi connectivity index (χ3n) is 4.78. The second kappa shape index (κ2) is 4.45. The fourth-order valence-electron chi connectivity index (χ4n) is 5.05. The first kappa shape index (κ1) is 14.8. The van der Waals surface area contributed by atoms with Crippen LogP contribution in [0.3, 0.4) is 0 Å². The first-order valence-electron chi connectivity index (χ1n) is 7.77. The van der Waals surface area contributed by atoms with Crippen molar-refractivity contribution in [1.82, 2.24) is 0 Å². The van der Waals surface area contributed by atoms with Crippen molar-refractivity contribution in [2.75, 3.05) is 0 Å². The zero-order chi connectivity index (χ0) is 15.5. The standard InChI is InChI=1S/C18H25FO2/c1-16(2)9-17(3,4)11-18(10-16)8-14(20)13-6-5-12(19)7-15(13)21-18/h5-7,14,20H,8-11H2,1-4H3/t14-/m1/s1. The second-order valence-electron chi connectivity index (χ2n) is 8.55. The lowest BCUT2D eigenvalue weighted by atomic mass is 9.58. The molecule has 1 aliphatic carbocycles. The first-order valence-corrected chi connectivity index (χ1v) is 7.77. The van der Waals surface area contributed by atoms with E-state index in [1.807, 2.05) is 0 Å². The highest BCUT2D eigenvalue weighted by atomic mass is 19.1. The maximum absolute atomic E-state index is 13.5. The molecule has 1 spiro atoms. The van der Waals surface area contributed by atoms with E-state index >= 15 is 0 Å². The third-order valence-corrected chi connectivity index (χ3v) is 4.78. The van der Waals surface area contributed by atoms with Gasteiger partial charge in [0.2, 0.25) is 0 Å². The van der Waals surface area contributed by atoms with Crippen LogP contribution in [-0.2, 0) is 0 Å². The van der Waals surface area contributed by atoms with Gasteiger partial charge < -0.3 is 9.84 Å². The van der Waals surface area contributed by atoms with Crippen LogP contribution in [-0.4, -0.2) is 10.7 Å². The molecule has 0 saturated heterocycles. The van der Waals surface area contributed by atoms with E-state index in [0.29, 0.717) is 17.7 Å². The quantitative estimate of drug-likeness (QED) is 0.756. The predicted molar refractivity (Wildman–Crippen MR) is 80.7 cm³/mol. The van der Waals surface area contributed by atoms with Crippen molar-refractivity contribution < 1.29 is 14.2 Å². The Morgan fingerprint density at radius 1 is 1.10 bits per heavy atom. The number of aliphatic hydroxyl groups is 1. The molecule has 0 radical (unpaired) electrons. The van der Waals surface area contributed by atoms with E-state index in [-0.39, 0.29) is 22.2 Å². The molecule has 0 unspecified atom stereocenters. The Kier molecular flexibility index (Phi) is 3.14. The molecule has 1 aliphatic heterocycles. The molecule has 0 amide bonds. The van der Waals surface area contributed by atoms with Crippen LogP contribution >= 0.6 is 0 Å². The van der Waals surface area contributed by atoms with Crippen LogP contribution in [0.25, 0.3) is 0 Å². The lowest BCUT2D eigenvalue weighted by Gasteiger charge is -2.54. The molecule has 1 aromatic carbocycles. The highest BCUT2D eigenvalue weighted by Gasteiger charge is 2.51. The predicted octanol–water partition coefficient (Wildman–Crippen LogP) is 4.62. The number of rotatable bonds is 0. The summed E-state index contributed by atoms with van der Waals surface area (Å²) >= 11 is 0. The molecule has 2 aliphatic rings. The number of hydrogen-bond acceptors (Lipinski definition) is 2. The number of halogens is 1. The molecule has 2 nitrogen and oxygen atoms in total. The largest absolute Gasteiger partial charge is 0.487 e. The van der Waals surface area contributed by atoms with E-state index in [9.17, 15) is 9.50 Å². The summed E-state index contributed by atoms with van der Waals surface area (Å²) in [6.07, 6.45) is 2.96. The molecule has 1 atom stereocenters. The van der Waals surface area contributed by atoms with Gasteiger partial charge in [0.15, 0.2) is 0 Å². The Labute approximate surface area is 126 Å². The Morgan fingerprint density at radius 2 is 1.71 bits per heavy atom. The van der Waals surface area contributed by atoms with Gasteiger partial charge in [0.1, 0.15) is 17.2 Å². The van der Waals surface area contributed by atoms with Gasteiger partial charge in [0.05, 0.1) is 6.10 Å². The number of aliphatic hydroxyl groups excluding tert-OH is 1. The van der Waals surface area contributed by atoms with E-state index in [0.717, 1.165) is 19.3 Å². The van der Waals surface area contributed by atoms with Crippen LogP contribution in [0.5, 0.6) is 5.75 Å². The Balaban J connectivity index is 2.00. The molecular weight excluding hydrogens is 267 g/mol. The average Bonchev–Trinajstić information content (AvgIpc) is 2.22. The van der Waals surface area contributed by atoms with Gasteiger partial charge in [-0.15, -0.1) is 0 Å². The van der Waals surface area contributed by atoms with Crippen LogP contribution in [0, 0.1) is 16.6 Å². The first-order chi connectivity index (χ1) is 9.60. The highest BCUT2D eigenvalue weighted by Crippen LogP contribution is 2.56. The zero-order valence-corrected chi connectivity index (χ0v) is 13.4. The van der Waals surface area contributed by atoms with Gasteiger partial charge in [0, 0.05) is 18.1 Å². The topological polar surface area (TPSA) is 29.5 Å². The van der Waals surface area contributed by atoms with Crippen LogP contribution in [0.2, 0.25) is 0 Å². The van der Waals surface area contributed by atoms with Crippen molar-refractivity contribution in [3.05, 3.63) is 29.6 Å². The van der Waals surface area contributed by atoms with Gasteiger partial charge in [-0.05, 0) is 42.2 Å². The molecule has 1 heterocycles. The summed E-state index contributed by atoms with van der Waals surface area (Å²) in [5, 5.41) is 10.5. The molecular formula is C18H25FO2. The van der Waals surface area contributed by atoms with Crippen molar-refractivity contribution in [1.29, 1.82) is 0 Å². The van der Waals surface area contributed by atoms with Crippen molar-refractivity contribution >= 4 is 0 Å². The van der Waals surface area contributed by atoms with E-state index in [1.165, 1.54) is 12.1 Å². The van der Waals surface area contributed by atoms with Crippen LogP contribution in [0.1, 0.15) is 65.0 Å². The maximum Gasteiger partial charge on any atom is 0.128 e. The minimum Gasteiger partial charge on any atom is -0.487 e. The monoisotopic (exact) mass is 292 g/mol. The Hall–Kier alpha value is -1.09. The van der Waals surface area contributed by atoms with Crippen LogP contribution in [0.4, 0.5) is 4.39 Å². The van der Waals surface area contributed by atoms with Crippen LogP contribution in [0.15, 0.2) is 18.2 Å². The summed E-state index contributed by atoms with van der Waals surface area (Å²) in [5.74, 6) is 0.203. The molecule has 3 rings (SSSR count). The Morgan fingerprint density at radius 3 is 2.33 bits per heavy atom. The molecule has 21 heavy (non-hydrogen) atoms. The van der Waals surface area contributed by atoms with Crippen molar-refractivity contribution in [2.24, 2.45) is 10.8 Å². The average molecular weight is 292 g/mol. The number of ether oxygens (including phenoxy) is 1. The summed E-state index contributed by atoms with van der Waals surface area (Å²) in [6, 6.07) is 4.44. The Bertz CT molecular complexity index is 546. The number of benzene rings is 1. The van der Waals surface area contributed by atoms with E-state index in [1.54, 1.807) is 6.07 Å². The second-order valence-corrected chi connectivity index (χ2v) is 8.55. The van der Waals surface area contributed by atoms with Gasteiger partial charge in [0.25, 0.3) is 0 Å². The fourth-order valence-corrected chi connectivity index (χ4v) is 5.05. The summed E-state index contributed by atoms with van der Waals surface area (Å²) in [6.45, 7) is 9.03. The van der Waals surface area contributed by atoms with Crippen molar-refractivity contribution in [2.45, 2.75) is 65.1 Å². The third kappa shape index (κ3) is 2.80. The normalized spacial score (nSPS) is 28.8. The van der Waals surface area contributed by atoms with Gasteiger partial charge >= 0.3 is 0 Å². The molecule has 1 aromatic rings. The molecule has 116 valence electrons. The summed E-state index contributed by atoms with van der Waals surface area (Å²) in [4.78, 5) is 0. The number of hydrogen-bond donors (Lipinski definition) is 1. The summed E-state index contributed by atoms with van der Waals surface area (Å²) < 4.78 is 19.8. The van der Waals surface area contributed by atoms with Gasteiger partial charge in [-0.25, -0.2) is 4.39 Å². The minimum atomic E-state index is -0.570. The SMILES string of the molecule is CC1(C)CC(C)(C)CC2(C[C@@H](O)c3ccc(F)cc3O2)C1. The van der Waals surface area contributed by atoms with Gasteiger partial charge in [-0.1, -0.05) is 27.7 Å². The summed E-state index contributed by atoms with van der Waals surface area (Å²) in [7, 11) is 0. The molecule has 0 bridgehead atoms. The van der Waals surface area contributed by atoms with Crippen LogP contribution < -0.4 is 4.74 Å². The summed E-state index contributed by atoms with van der Waals surface area (Å²) in [5.41, 5.74) is 0.646. The molecule has 1 N–H and O–H groups in total. The zero-order valence-electron chi connectivity index (χ0n) is 13.4. The van der Waals surface area contributed by atoms with Gasteiger partial charge in [-0.2, -0.15) is 0 Å². The maximum atomic E-state index is 13.5. The molecule has 1 saturated carbocycles.